The standard InChI is InChI=1S/C15H20N2S.ClH/c1-12(2)17(11-15-7-4-8-18-15)10-13-5-3-6-14(16)9-13;/h3-9,12H,10-11,16H2,1-2H3;1H. The Morgan fingerprint density at radius 2 is 1.95 bits per heavy atom. The maximum absolute atomic E-state index is 5.83. The fraction of sp³-hybridized carbons (Fsp3) is 0.333. The summed E-state index contributed by atoms with van der Waals surface area (Å²) in [5, 5.41) is 2.13. The number of hydrogen-bond donors (Lipinski definition) is 1. The van der Waals surface area contributed by atoms with Gasteiger partial charge in [-0.05, 0) is 43.0 Å². The van der Waals surface area contributed by atoms with E-state index in [0.717, 1.165) is 18.8 Å². The van der Waals surface area contributed by atoms with Gasteiger partial charge in [0, 0.05) is 29.7 Å². The molecular formula is C15H21ClN2S. The van der Waals surface area contributed by atoms with Crippen molar-refractivity contribution >= 4 is 29.4 Å². The first kappa shape index (κ1) is 16.0. The number of benzene rings is 1. The van der Waals surface area contributed by atoms with E-state index < -0.39 is 0 Å². The molecule has 1 heterocycles. The van der Waals surface area contributed by atoms with Gasteiger partial charge in [-0.3, -0.25) is 4.90 Å². The summed E-state index contributed by atoms with van der Waals surface area (Å²) in [6, 6.07) is 13.0. The molecule has 0 fully saturated rings. The predicted octanol–water partition coefficient (Wildman–Crippen LogP) is 4.16. The highest BCUT2D eigenvalue weighted by Crippen LogP contribution is 2.17. The average Bonchev–Trinajstić information content (AvgIpc) is 2.81. The maximum Gasteiger partial charge on any atom is 0.0334 e. The molecular weight excluding hydrogens is 276 g/mol. The van der Waals surface area contributed by atoms with Crippen LogP contribution in [0.4, 0.5) is 5.69 Å². The van der Waals surface area contributed by atoms with Crippen LogP contribution in [-0.2, 0) is 13.1 Å². The molecule has 0 spiro atoms. The summed E-state index contributed by atoms with van der Waals surface area (Å²) >= 11 is 1.82. The molecule has 4 heteroatoms. The third-order valence-corrected chi connectivity index (χ3v) is 3.87. The van der Waals surface area contributed by atoms with Gasteiger partial charge in [0.25, 0.3) is 0 Å². The number of nitrogens with zero attached hydrogens (tertiary/aromatic N) is 1. The highest BCUT2D eigenvalue weighted by molar-refractivity contribution is 7.09. The van der Waals surface area contributed by atoms with Gasteiger partial charge in [0.15, 0.2) is 0 Å². The maximum atomic E-state index is 5.83. The van der Waals surface area contributed by atoms with Gasteiger partial charge in [0.05, 0.1) is 0 Å². The summed E-state index contributed by atoms with van der Waals surface area (Å²) in [5.74, 6) is 0. The molecule has 2 nitrogen and oxygen atoms in total. The van der Waals surface area contributed by atoms with Crippen molar-refractivity contribution < 1.29 is 0 Å². The molecule has 19 heavy (non-hydrogen) atoms. The third-order valence-electron chi connectivity index (χ3n) is 3.01. The quantitative estimate of drug-likeness (QED) is 0.839. The fourth-order valence-electron chi connectivity index (χ4n) is 1.95. The van der Waals surface area contributed by atoms with Gasteiger partial charge in [-0.2, -0.15) is 0 Å². The van der Waals surface area contributed by atoms with Gasteiger partial charge in [-0.1, -0.05) is 18.2 Å². The highest BCUT2D eigenvalue weighted by atomic mass is 35.5. The zero-order chi connectivity index (χ0) is 13.0. The number of thiophene rings is 1. The van der Waals surface area contributed by atoms with Crippen LogP contribution in [0.25, 0.3) is 0 Å². The molecule has 2 aromatic rings. The molecule has 0 aliphatic carbocycles. The second kappa shape index (κ2) is 7.53. The monoisotopic (exact) mass is 296 g/mol. The highest BCUT2D eigenvalue weighted by Gasteiger charge is 2.11. The Labute approximate surface area is 125 Å². The van der Waals surface area contributed by atoms with Crippen molar-refractivity contribution in [3.8, 4) is 0 Å². The van der Waals surface area contributed by atoms with Crippen molar-refractivity contribution in [2.75, 3.05) is 5.73 Å². The van der Waals surface area contributed by atoms with Crippen molar-refractivity contribution in [1.29, 1.82) is 0 Å². The smallest absolute Gasteiger partial charge is 0.0334 e. The van der Waals surface area contributed by atoms with E-state index in [4.69, 9.17) is 5.73 Å². The van der Waals surface area contributed by atoms with E-state index in [1.54, 1.807) is 0 Å². The summed E-state index contributed by atoms with van der Waals surface area (Å²) in [6.07, 6.45) is 0. The lowest BCUT2D eigenvalue weighted by Gasteiger charge is -2.26. The van der Waals surface area contributed by atoms with Gasteiger partial charge >= 0.3 is 0 Å². The van der Waals surface area contributed by atoms with Crippen LogP contribution in [0.15, 0.2) is 41.8 Å². The molecule has 0 radical (unpaired) electrons. The Bertz CT molecular complexity index is 483. The fourth-order valence-corrected chi connectivity index (χ4v) is 2.68. The Kier molecular flexibility index (Phi) is 6.35. The van der Waals surface area contributed by atoms with Gasteiger partial charge in [0.2, 0.25) is 0 Å². The normalized spacial score (nSPS) is 10.7. The number of hydrogen-bond acceptors (Lipinski definition) is 3. The minimum Gasteiger partial charge on any atom is -0.399 e. The summed E-state index contributed by atoms with van der Waals surface area (Å²) in [7, 11) is 0. The largest absolute Gasteiger partial charge is 0.399 e. The zero-order valence-corrected chi connectivity index (χ0v) is 13.0. The summed E-state index contributed by atoms with van der Waals surface area (Å²) < 4.78 is 0. The summed E-state index contributed by atoms with van der Waals surface area (Å²) in [5.41, 5.74) is 7.95. The first-order chi connectivity index (χ1) is 8.65. The molecule has 0 bridgehead atoms. The molecule has 2 N–H and O–H groups in total. The SMILES string of the molecule is CC(C)N(Cc1cccc(N)c1)Cc1cccs1.Cl. The molecule has 0 atom stereocenters. The molecule has 0 saturated carbocycles. The van der Waals surface area contributed by atoms with Crippen molar-refractivity contribution in [3.63, 3.8) is 0 Å². The molecule has 1 aromatic heterocycles. The Hall–Kier alpha value is -1.03. The second-order valence-electron chi connectivity index (χ2n) is 4.82. The number of anilines is 1. The van der Waals surface area contributed by atoms with Crippen LogP contribution >= 0.6 is 23.7 Å². The lowest BCUT2D eigenvalue weighted by molar-refractivity contribution is 0.205. The van der Waals surface area contributed by atoms with E-state index in [2.05, 4.69) is 48.4 Å². The van der Waals surface area contributed by atoms with Gasteiger partial charge in [-0.25, -0.2) is 0 Å². The summed E-state index contributed by atoms with van der Waals surface area (Å²) in [6.45, 7) is 6.42. The molecule has 1 aromatic carbocycles. The van der Waals surface area contributed by atoms with Crippen LogP contribution in [0, 0.1) is 0 Å². The third kappa shape index (κ3) is 4.86. The minimum absolute atomic E-state index is 0. The Morgan fingerprint density at radius 1 is 1.16 bits per heavy atom. The lowest BCUT2D eigenvalue weighted by atomic mass is 10.1. The average molecular weight is 297 g/mol. The Morgan fingerprint density at radius 3 is 2.53 bits per heavy atom. The van der Waals surface area contributed by atoms with E-state index >= 15 is 0 Å². The minimum atomic E-state index is 0. The van der Waals surface area contributed by atoms with E-state index in [1.165, 1.54) is 10.4 Å². The van der Waals surface area contributed by atoms with Crippen molar-refractivity contribution in [2.24, 2.45) is 0 Å². The van der Waals surface area contributed by atoms with Gasteiger partial charge in [-0.15, -0.1) is 23.7 Å². The van der Waals surface area contributed by atoms with Crippen molar-refractivity contribution in [3.05, 3.63) is 52.2 Å². The number of nitrogen functional groups attached to an aromatic ring is 1. The molecule has 0 aliphatic heterocycles. The van der Waals surface area contributed by atoms with Crippen molar-refractivity contribution in [1.82, 2.24) is 4.90 Å². The molecule has 104 valence electrons. The number of nitrogens with two attached hydrogens (primary N) is 1. The van der Waals surface area contributed by atoms with Crippen LogP contribution in [-0.4, -0.2) is 10.9 Å². The molecule has 0 saturated heterocycles. The predicted molar refractivity (Wildman–Crippen MR) is 86.8 cm³/mol. The van der Waals surface area contributed by atoms with Crippen molar-refractivity contribution in [2.45, 2.75) is 33.0 Å². The van der Waals surface area contributed by atoms with Crippen LogP contribution in [0.2, 0.25) is 0 Å². The molecule has 2 rings (SSSR count). The second-order valence-corrected chi connectivity index (χ2v) is 5.86. The van der Waals surface area contributed by atoms with Gasteiger partial charge < -0.3 is 5.73 Å². The van der Waals surface area contributed by atoms with E-state index in [-0.39, 0.29) is 12.4 Å². The van der Waals surface area contributed by atoms with E-state index in [9.17, 15) is 0 Å². The number of rotatable bonds is 5. The van der Waals surface area contributed by atoms with Crippen LogP contribution in [0.3, 0.4) is 0 Å². The molecule has 0 amide bonds. The Balaban J connectivity index is 0.00000180. The zero-order valence-electron chi connectivity index (χ0n) is 11.4. The lowest BCUT2D eigenvalue weighted by Crippen LogP contribution is -2.29. The van der Waals surface area contributed by atoms with Crippen LogP contribution in [0.5, 0.6) is 0 Å². The summed E-state index contributed by atoms with van der Waals surface area (Å²) in [4.78, 5) is 3.87. The number of halogens is 1. The van der Waals surface area contributed by atoms with Crippen LogP contribution in [0.1, 0.15) is 24.3 Å². The van der Waals surface area contributed by atoms with E-state index in [0.29, 0.717) is 6.04 Å². The first-order valence-corrected chi connectivity index (χ1v) is 7.14. The first-order valence-electron chi connectivity index (χ1n) is 6.26. The molecule has 0 unspecified atom stereocenters. The topological polar surface area (TPSA) is 29.3 Å². The van der Waals surface area contributed by atoms with Crippen LogP contribution < -0.4 is 5.73 Å². The van der Waals surface area contributed by atoms with Gasteiger partial charge in [0.1, 0.15) is 0 Å². The van der Waals surface area contributed by atoms with E-state index in [1.807, 2.05) is 23.5 Å². The molecule has 0 aliphatic rings.